The summed E-state index contributed by atoms with van der Waals surface area (Å²) in [5, 5.41) is 22.6. The third kappa shape index (κ3) is 3.11. The van der Waals surface area contributed by atoms with Crippen molar-refractivity contribution in [2.45, 2.75) is 6.92 Å². The van der Waals surface area contributed by atoms with Crippen LogP contribution in [0.15, 0.2) is 23.3 Å². The van der Waals surface area contributed by atoms with Gasteiger partial charge in [0, 0.05) is 25.7 Å². The van der Waals surface area contributed by atoms with Crippen molar-refractivity contribution in [3.05, 3.63) is 39.7 Å². The maximum Gasteiger partial charge on any atom is 0.293 e. The topological polar surface area (TPSA) is 128 Å². The Balaban J connectivity index is 2.19. The van der Waals surface area contributed by atoms with Gasteiger partial charge in [0.05, 0.1) is 11.1 Å². The number of hydrogen-bond donors (Lipinski definition) is 2. The lowest BCUT2D eigenvalue weighted by Gasteiger charge is -2.12. The summed E-state index contributed by atoms with van der Waals surface area (Å²) in [4.78, 5) is 12.3. The fraction of sp³-hybridized carbons (Fsp3) is 0.250. The van der Waals surface area contributed by atoms with Crippen molar-refractivity contribution in [3.63, 3.8) is 0 Å². The second-order valence-electron chi connectivity index (χ2n) is 4.71. The lowest BCUT2D eigenvalue weighted by Crippen LogP contribution is -2.13. The van der Waals surface area contributed by atoms with E-state index in [2.05, 4.69) is 20.7 Å². The fourth-order valence-electron chi connectivity index (χ4n) is 1.76. The Bertz CT molecular complexity index is 722. The van der Waals surface area contributed by atoms with E-state index in [4.69, 9.17) is 5.84 Å². The van der Waals surface area contributed by atoms with Crippen molar-refractivity contribution in [3.8, 4) is 0 Å². The quantitative estimate of drug-likeness (QED) is 0.360. The van der Waals surface area contributed by atoms with Gasteiger partial charge >= 0.3 is 0 Å². The molecule has 1 aromatic carbocycles. The number of hydrazone groups is 1. The first-order valence-electron chi connectivity index (χ1n) is 6.32. The summed E-state index contributed by atoms with van der Waals surface area (Å²) >= 11 is 0. The number of nitrogen functional groups attached to an aromatic ring is 1. The van der Waals surface area contributed by atoms with Crippen molar-refractivity contribution >= 4 is 23.5 Å². The van der Waals surface area contributed by atoms with Crippen molar-refractivity contribution in [1.82, 2.24) is 14.9 Å². The SMILES string of the molecule is Cc1nnc(N/N=C\c2ccc(N(C)C)c([N+](=O)[O-])c2)n1N. The van der Waals surface area contributed by atoms with Crippen LogP contribution in [0.4, 0.5) is 17.3 Å². The molecule has 0 amide bonds. The van der Waals surface area contributed by atoms with E-state index in [1.54, 1.807) is 38.1 Å². The second-order valence-corrected chi connectivity index (χ2v) is 4.71. The normalized spacial score (nSPS) is 10.9. The molecule has 2 aromatic rings. The molecule has 10 nitrogen and oxygen atoms in total. The highest BCUT2D eigenvalue weighted by molar-refractivity contribution is 5.83. The number of nitrogens with zero attached hydrogens (tertiary/aromatic N) is 6. The molecule has 0 unspecified atom stereocenters. The van der Waals surface area contributed by atoms with Crippen LogP contribution in [0.1, 0.15) is 11.4 Å². The minimum atomic E-state index is -0.431. The van der Waals surface area contributed by atoms with Gasteiger partial charge in [0.15, 0.2) is 5.82 Å². The lowest BCUT2D eigenvalue weighted by atomic mass is 10.2. The smallest absolute Gasteiger partial charge is 0.293 e. The highest BCUT2D eigenvalue weighted by Crippen LogP contribution is 2.27. The van der Waals surface area contributed by atoms with Crippen LogP contribution in [0, 0.1) is 17.0 Å². The summed E-state index contributed by atoms with van der Waals surface area (Å²) in [7, 11) is 3.49. The fourth-order valence-corrected chi connectivity index (χ4v) is 1.76. The summed E-state index contributed by atoms with van der Waals surface area (Å²) < 4.78 is 1.24. The van der Waals surface area contributed by atoms with E-state index in [-0.39, 0.29) is 11.6 Å². The molecule has 2 rings (SSSR count). The number of nitro benzene ring substituents is 1. The molecule has 116 valence electrons. The van der Waals surface area contributed by atoms with Gasteiger partial charge in [-0.15, -0.1) is 10.2 Å². The van der Waals surface area contributed by atoms with Crippen molar-refractivity contribution in [2.24, 2.45) is 5.10 Å². The number of nitrogens with one attached hydrogen (secondary N) is 1. The summed E-state index contributed by atoms with van der Waals surface area (Å²) in [5.74, 6) is 6.46. The molecule has 1 heterocycles. The molecule has 0 bridgehead atoms. The number of anilines is 2. The highest BCUT2D eigenvalue weighted by atomic mass is 16.6. The first-order valence-corrected chi connectivity index (χ1v) is 6.32. The van der Waals surface area contributed by atoms with Crippen LogP contribution in [-0.2, 0) is 0 Å². The molecule has 0 radical (unpaired) electrons. The number of rotatable bonds is 5. The van der Waals surface area contributed by atoms with E-state index >= 15 is 0 Å². The zero-order valence-electron chi connectivity index (χ0n) is 12.4. The Morgan fingerprint density at radius 3 is 2.73 bits per heavy atom. The van der Waals surface area contributed by atoms with Crippen LogP contribution in [0.3, 0.4) is 0 Å². The van der Waals surface area contributed by atoms with Gasteiger partial charge in [-0.1, -0.05) is 6.07 Å². The monoisotopic (exact) mass is 304 g/mol. The van der Waals surface area contributed by atoms with Gasteiger partial charge < -0.3 is 10.7 Å². The molecule has 1 aromatic heterocycles. The number of benzene rings is 1. The number of hydrogen-bond acceptors (Lipinski definition) is 8. The minimum Gasteiger partial charge on any atom is -0.372 e. The summed E-state index contributed by atoms with van der Waals surface area (Å²) in [6.07, 6.45) is 1.44. The molecule has 3 N–H and O–H groups in total. The lowest BCUT2D eigenvalue weighted by molar-refractivity contribution is -0.384. The van der Waals surface area contributed by atoms with E-state index < -0.39 is 4.92 Å². The third-order valence-corrected chi connectivity index (χ3v) is 2.92. The van der Waals surface area contributed by atoms with Gasteiger partial charge in [-0.25, -0.2) is 10.1 Å². The molecule has 0 aliphatic rings. The van der Waals surface area contributed by atoms with E-state index in [1.165, 1.54) is 17.0 Å². The maximum absolute atomic E-state index is 11.1. The first kappa shape index (κ1) is 15.2. The predicted octanol–water partition coefficient (Wildman–Crippen LogP) is 0.721. The van der Waals surface area contributed by atoms with Crippen LogP contribution >= 0.6 is 0 Å². The summed E-state index contributed by atoms with van der Waals surface area (Å²) in [5.41, 5.74) is 3.72. The average Bonchev–Trinajstić information content (AvgIpc) is 2.79. The van der Waals surface area contributed by atoms with Crippen molar-refractivity contribution in [1.29, 1.82) is 0 Å². The molecule has 0 atom stereocenters. The molecule has 0 fully saturated rings. The summed E-state index contributed by atoms with van der Waals surface area (Å²) in [6.45, 7) is 1.70. The Labute approximate surface area is 126 Å². The molecule has 0 aliphatic heterocycles. The van der Waals surface area contributed by atoms with Crippen molar-refractivity contribution < 1.29 is 4.92 Å². The Hall–Kier alpha value is -3.17. The first-order chi connectivity index (χ1) is 10.4. The standard InChI is InChI=1S/C12H16N8O2/c1-8-15-17-12(19(8)13)16-14-7-9-4-5-10(18(2)3)11(6-9)20(21)22/h4-7H,13H2,1-3H3,(H,16,17)/b14-7-. The Kier molecular flexibility index (Phi) is 4.20. The molecule has 0 spiro atoms. The van der Waals surface area contributed by atoms with Crippen LogP contribution in [-0.4, -0.2) is 40.1 Å². The predicted molar refractivity (Wildman–Crippen MR) is 83.5 cm³/mol. The molecule has 10 heteroatoms. The third-order valence-electron chi connectivity index (χ3n) is 2.92. The molecule has 22 heavy (non-hydrogen) atoms. The van der Waals surface area contributed by atoms with Crippen LogP contribution in [0.2, 0.25) is 0 Å². The Morgan fingerprint density at radius 2 is 2.18 bits per heavy atom. The molecule has 0 saturated heterocycles. The number of aromatic nitrogens is 3. The van der Waals surface area contributed by atoms with Crippen LogP contribution in [0.25, 0.3) is 0 Å². The van der Waals surface area contributed by atoms with E-state index in [0.29, 0.717) is 17.1 Å². The molecular weight excluding hydrogens is 288 g/mol. The summed E-state index contributed by atoms with van der Waals surface area (Å²) in [6, 6.07) is 4.83. The zero-order valence-corrected chi connectivity index (χ0v) is 12.4. The van der Waals surface area contributed by atoms with Gasteiger partial charge in [0.1, 0.15) is 5.69 Å². The van der Waals surface area contributed by atoms with Gasteiger partial charge in [-0.3, -0.25) is 10.1 Å². The molecule has 0 saturated carbocycles. The van der Waals surface area contributed by atoms with E-state index in [0.717, 1.165) is 0 Å². The number of nitrogens with two attached hydrogens (primary N) is 1. The largest absolute Gasteiger partial charge is 0.372 e. The molecule has 0 aliphatic carbocycles. The average molecular weight is 304 g/mol. The van der Waals surface area contributed by atoms with Crippen LogP contribution < -0.4 is 16.2 Å². The number of nitro groups is 1. The second kappa shape index (κ2) is 6.08. The van der Waals surface area contributed by atoms with E-state index in [9.17, 15) is 10.1 Å². The Morgan fingerprint density at radius 1 is 1.45 bits per heavy atom. The van der Waals surface area contributed by atoms with Gasteiger partial charge in [-0.05, 0) is 13.0 Å². The van der Waals surface area contributed by atoms with Crippen molar-refractivity contribution in [2.75, 3.05) is 30.3 Å². The van der Waals surface area contributed by atoms with Gasteiger partial charge in [0.2, 0.25) is 0 Å². The number of aryl methyl sites for hydroxylation is 1. The van der Waals surface area contributed by atoms with Crippen LogP contribution in [0.5, 0.6) is 0 Å². The maximum atomic E-state index is 11.1. The van der Waals surface area contributed by atoms with E-state index in [1.807, 2.05) is 0 Å². The zero-order chi connectivity index (χ0) is 16.3. The minimum absolute atomic E-state index is 0.00628. The highest BCUT2D eigenvalue weighted by Gasteiger charge is 2.15. The molecular formula is C12H16N8O2. The van der Waals surface area contributed by atoms with Gasteiger partial charge in [0.25, 0.3) is 11.6 Å². The van der Waals surface area contributed by atoms with Gasteiger partial charge in [-0.2, -0.15) is 5.10 Å².